The molecule has 0 radical (unpaired) electrons. The molecule has 2 N–H and O–H groups in total. The van der Waals surface area contributed by atoms with Crippen molar-refractivity contribution >= 4 is 0 Å². The Labute approximate surface area is 123 Å². The first-order valence-electron chi connectivity index (χ1n) is 6.96. The predicted molar refractivity (Wildman–Crippen MR) is 79.1 cm³/mol. The molecule has 1 aliphatic rings. The van der Waals surface area contributed by atoms with E-state index in [0.29, 0.717) is 18.5 Å². The van der Waals surface area contributed by atoms with Gasteiger partial charge in [0.15, 0.2) is 11.5 Å². The van der Waals surface area contributed by atoms with E-state index in [-0.39, 0.29) is 12.6 Å². The lowest BCUT2D eigenvalue weighted by Gasteiger charge is -2.29. The van der Waals surface area contributed by atoms with Crippen molar-refractivity contribution in [3.8, 4) is 11.5 Å². The smallest absolute Gasteiger partial charge is 0.231 e. The first kappa shape index (κ1) is 13.9. The lowest BCUT2D eigenvalue weighted by molar-refractivity contribution is 0.174. The number of rotatable bonds is 4. The second-order valence-electron chi connectivity index (χ2n) is 5.61. The summed E-state index contributed by atoms with van der Waals surface area (Å²) in [7, 11) is 0. The van der Waals surface area contributed by atoms with Crippen LogP contribution in [0.1, 0.15) is 18.1 Å². The largest absolute Gasteiger partial charge is 0.454 e. The van der Waals surface area contributed by atoms with E-state index in [1.54, 1.807) is 12.1 Å². The average Bonchev–Trinajstić information content (AvgIpc) is 2.95. The van der Waals surface area contributed by atoms with Gasteiger partial charge in [0, 0.05) is 12.0 Å². The molecule has 0 saturated heterocycles. The van der Waals surface area contributed by atoms with Crippen LogP contribution in [0, 0.1) is 5.82 Å². The highest BCUT2D eigenvalue weighted by Crippen LogP contribution is 2.35. The Balaban J connectivity index is 1.92. The number of hydrogen-bond acceptors (Lipinski definition) is 3. The van der Waals surface area contributed by atoms with Crippen molar-refractivity contribution < 1.29 is 13.9 Å². The van der Waals surface area contributed by atoms with Gasteiger partial charge in [-0.05, 0) is 35.7 Å². The third-order valence-electron chi connectivity index (χ3n) is 4.01. The van der Waals surface area contributed by atoms with Gasteiger partial charge < -0.3 is 15.2 Å². The van der Waals surface area contributed by atoms with Gasteiger partial charge in [-0.15, -0.1) is 0 Å². The quantitative estimate of drug-likeness (QED) is 0.940. The summed E-state index contributed by atoms with van der Waals surface area (Å²) in [6.07, 6.45) is 0.640. The molecule has 1 unspecified atom stereocenters. The Kier molecular flexibility index (Phi) is 3.55. The SMILES string of the molecule is CC(CN)(Cc1ccc2c(c1)OCO2)c1ccccc1F. The van der Waals surface area contributed by atoms with E-state index in [2.05, 4.69) is 0 Å². The Morgan fingerprint density at radius 1 is 1.14 bits per heavy atom. The van der Waals surface area contributed by atoms with Crippen molar-refractivity contribution in [2.24, 2.45) is 5.73 Å². The molecule has 21 heavy (non-hydrogen) atoms. The van der Waals surface area contributed by atoms with Gasteiger partial charge in [0.25, 0.3) is 0 Å². The van der Waals surface area contributed by atoms with Crippen LogP contribution in [0.25, 0.3) is 0 Å². The fourth-order valence-corrected chi connectivity index (χ4v) is 2.73. The van der Waals surface area contributed by atoms with Gasteiger partial charge in [-0.2, -0.15) is 0 Å². The molecule has 0 saturated carbocycles. The minimum atomic E-state index is -0.459. The number of hydrogen-bond donors (Lipinski definition) is 1. The van der Waals surface area contributed by atoms with Crippen molar-refractivity contribution in [3.05, 3.63) is 59.4 Å². The van der Waals surface area contributed by atoms with Gasteiger partial charge >= 0.3 is 0 Å². The number of benzene rings is 2. The highest BCUT2D eigenvalue weighted by Gasteiger charge is 2.29. The van der Waals surface area contributed by atoms with Crippen LogP contribution in [0.2, 0.25) is 0 Å². The normalized spacial score (nSPS) is 15.8. The van der Waals surface area contributed by atoms with Crippen LogP contribution in [0.3, 0.4) is 0 Å². The topological polar surface area (TPSA) is 44.5 Å². The van der Waals surface area contributed by atoms with Crippen LogP contribution in [-0.2, 0) is 11.8 Å². The minimum Gasteiger partial charge on any atom is -0.454 e. The van der Waals surface area contributed by atoms with Crippen molar-refractivity contribution in [1.29, 1.82) is 0 Å². The predicted octanol–water partition coefficient (Wildman–Crippen LogP) is 3.01. The molecular formula is C17H18FNO2. The van der Waals surface area contributed by atoms with Crippen LogP contribution in [0.4, 0.5) is 4.39 Å². The lowest BCUT2D eigenvalue weighted by atomic mass is 9.77. The van der Waals surface area contributed by atoms with Gasteiger partial charge in [0.1, 0.15) is 5.82 Å². The molecule has 4 heteroatoms. The summed E-state index contributed by atoms with van der Waals surface area (Å²) in [5.41, 5.74) is 7.18. The highest BCUT2D eigenvalue weighted by atomic mass is 19.1. The molecule has 110 valence electrons. The first-order valence-corrected chi connectivity index (χ1v) is 6.96. The second kappa shape index (κ2) is 5.37. The summed E-state index contributed by atoms with van der Waals surface area (Å²) < 4.78 is 24.8. The molecule has 0 aromatic heterocycles. The third kappa shape index (κ3) is 2.59. The van der Waals surface area contributed by atoms with E-state index < -0.39 is 5.41 Å². The first-order chi connectivity index (χ1) is 10.1. The van der Waals surface area contributed by atoms with Gasteiger partial charge in [0.2, 0.25) is 6.79 Å². The molecule has 1 heterocycles. The Morgan fingerprint density at radius 2 is 1.90 bits per heavy atom. The van der Waals surface area contributed by atoms with Gasteiger partial charge in [0.05, 0.1) is 0 Å². The van der Waals surface area contributed by atoms with E-state index in [4.69, 9.17) is 15.2 Å². The molecule has 2 aromatic carbocycles. The van der Waals surface area contributed by atoms with Crippen molar-refractivity contribution in [1.82, 2.24) is 0 Å². The summed E-state index contributed by atoms with van der Waals surface area (Å²) in [5.74, 6) is 1.27. The molecule has 1 atom stereocenters. The fourth-order valence-electron chi connectivity index (χ4n) is 2.73. The van der Waals surface area contributed by atoms with Crippen molar-refractivity contribution in [3.63, 3.8) is 0 Å². The average molecular weight is 287 g/mol. The number of nitrogens with two attached hydrogens (primary N) is 1. The van der Waals surface area contributed by atoms with Crippen molar-refractivity contribution in [2.45, 2.75) is 18.8 Å². The van der Waals surface area contributed by atoms with Crippen LogP contribution in [0.5, 0.6) is 11.5 Å². The minimum absolute atomic E-state index is 0.216. The Morgan fingerprint density at radius 3 is 2.67 bits per heavy atom. The molecule has 0 spiro atoms. The molecule has 0 bridgehead atoms. The van der Waals surface area contributed by atoms with E-state index in [1.165, 1.54) is 6.07 Å². The summed E-state index contributed by atoms with van der Waals surface area (Å²) >= 11 is 0. The molecule has 3 rings (SSSR count). The van der Waals surface area contributed by atoms with E-state index in [1.807, 2.05) is 31.2 Å². The summed E-state index contributed by atoms with van der Waals surface area (Å²) in [4.78, 5) is 0. The maximum Gasteiger partial charge on any atom is 0.231 e. The Hall–Kier alpha value is -2.07. The molecule has 3 nitrogen and oxygen atoms in total. The maximum atomic E-state index is 14.1. The zero-order valence-electron chi connectivity index (χ0n) is 11.9. The summed E-state index contributed by atoms with van der Waals surface area (Å²) in [6.45, 7) is 2.60. The molecule has 2 aromatic rings. The third-order valence-corrected chi connectivity index (χ3v) is 4.01. The van der Waals surface area contributed by atoms with E-state index in [9.17, 15) is 4.39 Å². The molecule has 0 fully saturated rings. The highest BCUT2D eigenvalue weighted by molar-refractivity contribution is 5.45. The molecule has 0 aliphatic carbocycles. The molecule has 0 amide bonds. The van der Waals surface area contributed by atoms with E-state index in [0.717, 1.165) is 17.1 Å². The summed E-state index contributed by atoms with van der Waals surface area (Å²) in [6, 6.07) is 12.6. The monoisotopic (exact) mass is 287 g/mol. The second-order valence-corrected chi connectivity index (χ2v) is 5.61. The van der Waals surface area contributed by atoms with Gasteiger partial charge in [-0.1, -0.05) is 31.2 Å². The van der Waals surface area contributed by atoms with Crippen LogP contribution in [-0.4, -0.2) is 13.3 Å². The zero-order valence-corrected chi connectivity index (χ0v) is 11.9. The van der Waals surface area contributed by atoms with E-state index >= 15 is 0 Å². The number of fused-ring (bicyclic) bond motifs is 1. The summed E-state index contributed by atoms with van der Waals surface area (Å²) in [5, 5.41) is 0. The standard InChI is InChI=1S/C17H18FNO2/c1-17(10-19,13-4-2-3-5-14(13)18)9-12-6-7-15-16(8-12)21-11-20-15/h2-8H,9-11,19H2,1H3. The van der Waals surface area contributed by atoms with Gasteiger partial charge in [-0.25, -0.2) is 4.39 Å². The molecule has 1 aliphatic heterocycles. The number of ether oxygens (including phenoxy) is 2. The van der Waals surface area contributed by atoms with Crippen LogP contribution in [0.15, 0.2) is 42.5 Å². The van der Waals surface area contributed by atoms with Crippen LogP contribution >= 0.6 is 0 Å². The number of halogens is 1. The zero-order chi connectivity index (χ0) is 14.9. The van der Waals surface area contributed by atoms with Crippen LogP contribution < -0.4 is 15.2 Å². The van der Waals surface area contributed by atoms with Gasteiger partial charge in [-0.3, -0.25) is 0 Å². The van der Waals surface area contributed by atoms with Crippen molar-refractivity contribution in [2.75, 3.05) is 13.3 Å². The Bertz CT molecular complexity index is 659. The molecular weight excluding hydrogens is 269 g/mol. The lowest BCUT2D eigenvalue weighted by Crippen LogP contribution is -2.35. The fraction of sp³-hybridized carbons (Fsp3) is 0.294. The maximum absolute atomic E-state index is 14.1.